The van der Waals surface area contributed by atoms with Gasteiger partial charge in [0.15, 0.2) is 5.78 Å². The number of piperidine rings is 1. The van der Waals surface area contributed by atoms with Gasteiger partial charge in [0.2, 0.25) is 5.91 Å². The van der Waals surface area contributed by atoms with Gasteiger partial charge in [0.05, 0.1) is 0 Å². The van der Waals surface area contributed by atoms with E-state index in [0.29, 0.717) is 5.56 Å². The maximum absolute atomic E-state index is 13.0. The van der Waals surface area contributed by atoms with Gasteiger partial charge in [-0.05, 0) is 67.9 Å². The third kappa shape index (κ3) is 5.60. The molecular formula is C23H25FN2O2. The summed E-state index contributed by atoms with van der Waals surface area (Å²) in [5, 5.41) is 2.75. The summed E-state index contributed by atoms with van der Waals surface area (Å²) in [4.78, 5) is 25.9. The molecule has 2 aromatic carbocycles. The summed E-state index contributed by atoms with van der Waals surface area (Å²) in [7, 11) is 0. The third-order valence-electron chi connectivity index (χ3n) is 4.99. The molecule has 2 aromatic rings. The maximum Gasteiger partial charge on any atom is 0.221 e. The average molecular weight is 380 g/mol. The molecule has 0 aromatic heterocycles. The predicted molar refractivity (Wildman–Crippen MR) is 110 cm³/mol. The van der Waals surface area contributed by atoms with Gasteiger partial charge >= 0.3 is 0 Å². The quantitative estimate of drug-likeness (QED) is 0.756. The second-order valence-corrected chi connectivity index (χ2v) is 7.15. The first-order chi connectivity index (χ1) is 13.5. The smallest absolute Gasteiger partial charge is 0.221 e. The molecule has 0 atom stereocenters. The number of carbonyl (C=O) groups is 2. The molecular weight excluding hydrogens is 355 g/mol. The van der Waals surface area contributed by atoms with Crippen molar-refractivity contribution in [2.24, 2.45) is 5.92 Å². The lowest BCUT2D eigenvalue weighted by Gasteiger charge is -2.30. The molecule has 1 N–H and O–H groups in total. The van der Waals surface area contributed by atoms with Crippen LogP contribution in [0.3, 0.4) is 0 Å². The number of nitrogens with one attached hydrogen (secondary N) is 1. The van der Waals surface area contributed by atoms with E-state index in [1.54, 1.807) is 12.1 Å². The first kappa shape index (κ1) is 20.0. The highest BCUT2D eigenvalue weighted by molar-refractivity contribution is 5.97. The summed E-state index contributed by atoms with van der Waals surface area (Å²) in [6.45, 7) is 4.09. The summed E-state index contributed by atoms with van der Waals surface area (Å²) in [6.07, 6.45) is 5.84. The van der Waals surface area contributed by atoms with Crippen molar-refractivity contribution < 1.29 is 14.0 Å². The maximum atomic E-state index is 13.0. The number of hydrogen-bond donors (Lipinski definition) is 1. The van der Waals surface area contributed by atoms with Gasteiger partial charge in [0, 0.05) is 30.6 Å². The summed E-state index contributed by atoms with van der Waals surface area (Å²) in [5.41, 5.74) is 2.47. The summed E-state index contributed by atoms with van der Waals surface area (Å²) in [6, 6.07) is 13.5. The normalized spacial score (nSPS) is 15.6. The number of ketones is 1. The Morgan fingerprint density at radius 3 is 2.32 bits per heavy atom. The van der Waals surface area contributed by atoms with Crippen LogP contribution in [-0.4, -0.2) is 36.2 Å². The number of nitrogens with zero attached hydrogens (tertiary/aromatic N) is 1. The molecule has 0 spiro atoms. The number of hydrogen-bond acceptors (Lipinski definition) is 3. The van der Waals surface area contributed by atoms with Crippen LogP contribution in [0.5, 0.6) is 0 Å². The fourth-order valence-electron chi connectivity index (χ4n) is 3.45. The van der Waals surface area contributed by atoms with Crippen LogP contribution >= 0.6 is 0 Å². The number of benzene rings is 2. The monoisotopic (exact) mass is 380 g/mol. The zero-order chi connectivity index (χ0) is 19.9. The van der Waals surface area contributed by atoms with Crippen LogP contribution in [0.4, 0.5) is 10.1 Å². The SMILES string of the molecule is CC(=O)Nc1ccc(/C=C/CN2CCC(C(=O)c3ccc(F)cc3)CC2)cc1. The molecule has 1 amide bonds. The Morgan fingerprint density at radius 2 is 1.71 bits per heavy atom. The number of likely N-dealkylation sites (tertiary alicyclic amines) is 1. The van der Waals surface area contributed by atoms with Gasteiger partial charge in [-0.25, -0.2) is 4.39 Å². The summed E-state index contributed by atoms with van der Waals surface area (Å²) in [5.74, 6) is -0.256. The number of halogens is 1. The second kappa shape index (κ2) is 9.42. The first-order valence-corrected chi connectivity index (χ1v) is 9.57. The van der Waals surface area contributed by atoms with E-state index in [-0.39, 0.29) is 23.4 Å². The zero-order valence-electron chi connectivity index (χ0n) is 16.0. The van der Waals surface area contributed by atoms with E-state index in [4.69, 9.17) is 0 Å². The Kier molecular flexibility index (Phi) is 6.71. The number of rotatable bonds is 6. The third-order valence-corrected chi connectivity index (χ3v) is 4.99. The van der Waals surface area contributed by atoms with Crippen molar-refractivity contribution in [1.82, 2.24) is 4.90 Å². The van der Waals surface area contributed by atoms with E-state index in [9.17, 15) is 14.0 Å². The van der Waals surface area contributed by atoms with Crippen LogP contribution in [0.2, 0.25) is 0 Å². The number of amides is 1. The lowest BCUT2D eigenvalue weighted by Crippen LogP contribution is -2.36. The van der Waals surface area contributed by atoms with Gasteiger partial charge in [-0.15, -0.1) is 0 Å². The van der Waals surface area contributed by atoms with Crippen molar-refractivity contribution >= 4 is 23.5 Å². The van der Waals surface area contributed by atoms with Crippen LogP contribution in [0, 0.1) is 11.7 Å². The fraction of sp³-hybridized carbons (Fsp3) is 0.304. The van der Waals surface area contributed by atoms with E-state index in [2.05, 4.69) is 22.4 Å². The number of carbonyl (C=O) groups excluding carboxylic acids is 2. The Morgan fingerprint density at radius 1 is 1.07 bits per heavy atom. The van der Waals surface area contributed by atoms with Crippen LogP contribution < -0.4 is 5.32 Å². The molecule has 0 radical (unpaired) electrons. The minimum Gasteiger partial charge on any atom is -0.326 e. The van der Waals surface area contributed by atoms with Crippen molar-refractivity contribution in [3.05, 3.63) is 71.6 Å². The molecule has 0 unspecified atom stereocenters. The van der Waals surface area contributed by atoms with E-state index >= 15 is 0 Å². The minimum atomic E-state index is -0.317. The molecule has 4 nitrogen and oxygen atoms in total. The van der Waals surface area contributed by atoms with Gasteiger partial charge in [0.1, 0.15) is 5.82 Å². The second-order valence-electron chi connectivity index (χ2n) is 7.15. The van der Waals surface area contributed by atoms with Crippen LogP contribution in [0.25, 0.3) is 6.08 Å². The molecule has 1 aliphatic heterocycles. The molecule has 1 aliphatic rings. The molecule has 5 heteroatoms. The Balaban J connectivity index is 1.45. The summed E-state index contributed by atoms with van der Waals surface area (Å²) < 4.78 is 13.0. The van der Waals surface area contributed by atoms with E-state index in [1.807, 2.05) is 24.3 Å². The lowest BCUT2D eigenvalue weighted by molar-refractivity contribution is -0.114. The Labute approximate surface area is 165 Å². The van der Waals surface area contributed by atoms with Gasteiger partial charge in [-0.3, -0.25) is 14.5 Å². The lowest BCUT2D eigenvalue weighted by atomic mass is 9.89. The molecule has 0 aliphatic carbocycles. The van der Waals surface area contributed by atoms with E-state index < -0.39 is 0 Å². The number of anilines is 1. The van der Waals surface area contributed by atoms with Crippen LogP contribution in [-0.2, 0) is 4.79 Å². The Bertz CT molecular complexity index is 836. The average Bonchev–Trinajstić information content (AvgIpc) is 2.69. The largest absolute Gasteiger partial charge is 0.326 e. The van der Waals surface area contributed by atoms with E-state index in [0.717, 1.165) is 43.7 Å². The van der Waals surface area contributed by atoms with Crippen molar-refractivity contribution in [3.8, 4) is 0 Å². The molecule has 1 heterocycles. The van der Waals surface area contributed by atoms with Crippen molar-refractivity contribution in [1.29, 1.82) is 0 Å². The standard InChI is InChI=1S/C23H25FN2O2/c1-17(27)25-22-10-4-18(5-11-22)3-2-14-26-15-12-20(13-16-26)23(28)19-6-8-21(24)9-7-19/h2-11,20H,12-16H2,1H3,(H,25,27)/b3-2+. The molecule has 1 saturated heterocycles. The van der Waals surface area contributed by atoms with Gasteiger partial charge in [-0.2, -0.15) is 0 Å². The van der Waals surface area contributed by atoms with Crippen molar-refractivity contribution in [2.45, 2.75) is 19.8 Å². The molecule has 28 heavy (non-hydrogen) atoms. The number of Topliss-reactive ketones (excluding diaryl/α,β-unsaturated/α-hetero) is 1. The Hall–Kier alpha value is -2.79. The molecule has 0 bridgehead atoms. The van der Waals surface area contributed by atoms with Gasteiger partial charge in [0.25, 0.3) is 0 Å². The highest BCUT2D eigenvalue weighted by atomic mass is 19.1. The van der Waals surface area contributed by atoms with E-state index in [1.165, 1.54) is 19.1 Å². The zero-order valence-corrected chi connectivity index (χ0v) is 16.0. The highest BCUT2D eigenvalue weighted by Gasteiger charge is 2.25. The molecule has 3 rings (SSSR count). The molecule has 146 valence electrons. The highest BCUT2D eigenvalue weighted by Crippen LogP contribution is 2.22. The van der Waals surface area contributed by atoms with Gasteiger partial charge < -0.3 is 5.32 Å². The van der Waals surface area contributed by atoms with Crippen molar-refractivity contribution in [2.75, 3.05) is 25.0 Å². The van der Waals surface area contributed by atoms with Crippen molar-refractivity contribution in [3.63, 3.8) is 0 Å². The fourth-order valence-corrected chi connectivity index (χ4v) is 3.45. The topological polar surface area (TPSA) is 49.4 Å². The first-order valence-electron chi connectivity index (χ1n) is 9.57. The van der Waals surface area contributed by atoms with Crippen LogP contribution in [0.15, 0.2) is 54.6 Å². The van der Waals surface area contributed by atoms with Crippen LogP contribution in [0.1, 0.15) is 35.7 Å². The molecule has 0 saturated carbocycles. The molecule has 1 fully saturated rings. The summed E-state index contributed by atoms with van der Waals surface area (Å²) >= 11 is 0. The minimum absolute atomic E-state index is 0.0204. The van der Waals surface area contributed by atoms with Gasteiger partial charge in [-0.1, -0.05) is 24.3 Å². The predicted octanol–water partition coefficient (Wildman–Crippen LogP) is 4.39.